The fraction of sp³-hybridized carbons (Fsp3) is 0.552. The second-order valence-electron chi connectivity index (χ2n) is 11.2. The van der Waals surface area contributed by atoms with Crippen LogP contribution in [0, 0.1) is 23.7 Å². The normalized spacial score (nSPS) is 29.9. The van der Waals surface area contributed by atoms with Gasteiger partial charge < -0.3 is 29.3 Å². The van der Waals surface area contributed by atoms with Crippen molar-refractivity contribution < 1.29 is 28.6 Å². The summed E-state index contributed by atoms with van der Waals surface area (Å²) in [6.45, 7) is 8.38. The Bertz CT molecular complexity index is 1370. The molecule has 0 bridgehead atoms. The van der Waals surface area contributed by atoms with Gasteiger partial charge in [-0.1, -0.05) is 27.7 Å². The molecule has 0 radical (unpaired) electrons. The van der Waals surface area contributed by atoms with Gasteiger partial charge in [-0.2, -0.15) is 0 Å². The predicted molar refractivity (Wildman–Crippen MR) is 150 cm³/mol. The van der Waals surface area contributed by atoms with Crippen molar-refractivity contribution in [3.05, 3.63) is 46.0 Å². The minimum atomic E-state index is -1.08. The highest BCUT2D eigenvalue weighted by atomic mass is 79.9. The Hall–Kier alpha value is -2.69. The Kier molecular flexibility index (Phi) is 7.65. The van der Waals surface area contributed by atoms with E-state index in [1.807, 2.05) is 13.0 Å². The Morgan fingerprint density at radius 2 is 2.05 bits per heavy atom. The third-order valence-corrected chi connectivity index (χ3v) is 9.22. The monoisotopic (exact) mass is 601 g/mol. The average Bonchev–Trinajstić information content (AvgIpc) is 3.56. The molecule has 0 saturated carbocycles. The van der Waals surface area contributed by atoms with Crippen LogP contribution in [0.1, 0.15) is 73.7 Å². The summed E-state index contributed by atoms with van der Waals surface area (Å²) in [5, 5.41) is 12.8. The summed E-state index contributed by atoms with van der Waals surface area (Å²) in [5.74, 6) is -1.19. The number of aromatic carboxylic acids is 1. The van der Waals surface area contributed by atoms with Crippen LogP contribution in [-0.4, -0.2) is 51.9 Å². The number of oxazole rings is 1. The van der Waals surface area contributed by atoms with Crippen molar-refractivity contribution >= 4 is 44.5 Å². The second-order valence-corrected chi connectivity index (χ2v) is 12.1. The largest absolute Gasteiger partial charge is 0.478 e. The molecule has 2 saturated heterocycles. The van der Waals surface area contributed by atoms with Crippen molar-refractivity contribution in [3.63, 3.8) is 0 Å². The first-order valence-electron chi connectivity index (χ1n) is 13.6. The van der Waals surface area contributed by atoms with Crippen molar-refractivity contribution in [1.29, 1.82) is 0 Å². The number of aromatic amines is 1. The van der Waals surface area contributed by atoms with E-state index in [-0.39, 0.29) is 47.2 Å². The van der Waals surface area contributed by atoms with Gasteiger partial charge in [0.05, 0.1) is 30.0 Å². The Labute approximate surface area is 236 Å². The number of rotatable bonds is 7. The zero-order valence-electron chi connectivity index (χ0n) is 22.9. The maximum Gasteiger partial charge on any atom is 0.340 e. The number of fused-ring (bicyclic) bond motifs is 1. The van der Waals surface area contributed by atoms with Gasteiger partial charge in [0.25, 0.3) is 0 Å². The predicted octanol–water partition coefficient (Wildman–Crippen LogP) is 6.29. The fourth-order valence-corrected chi connectivity index (χ4v) is 6.94. The first kappa shape index (κ1) is 27.9. The molecule has 0 aliphatic carbocycles. The van der Waals surface area contributed by atoms with E-state index in [2.05, 4.69) is 52.0 Å². The number of nitrogens with zero attached hydrogens (tertiary/aromatic N) is 1. The molecule has 2 fully saturated rings. The number of Topliss-reactive ketones (excluding diaryl/α,β-unsaturated/α-hetero) is 1. The lowest BCUT2D eigenvalue weighted by molar-refractivity contribution is -0.355. The zero-order valence-corrected chi connectivity index (χ0v) is 24.5. The lowest BCUT2D eigenvalue weighted by Crippen LogP contribution is -2.58. The molecule has 2 aromatic heterocycles. The molecular weight excluding hydrogens is 566 g/mol. The van der Waals surface area contributed by atoms with Gasteiger partial charge in [0, 0.05) is 36.0 Å². The fourth-order valence-electron chi connectivity index (χ4n) is 6.34. The van der Waals surface area contributed by atoms with Crippen LogP contribution in [0.4, 0.5) is 5.69 Å². The molecule has 2 aliphatic rings. The standard InChI is InChI=1S/C29H36BrN3O6/c1-14-8-9-29(16(3)11-15(2)27(39-29)17(4)26(34)19-7-6-10-32-19)38-20(14)13-22-33-25-21(37-22)12-18(30)24(31-5)23(25)28(35)36/h6-7,10,12,14-17,20,27,31-32H,8-9,11,13H2,1-5H3,(H,35,36)/t14-,15-,16-,17-,20-,27+,29?/m1/s1. The second kappa shape index (κ2) is 10.7. The number of hydrogen-bond donors (Lipinski definition) is 3. The number of hydrogen-bond acceptors (Lipinski definition) is 7. The molecule has 210 valence electrons. The number of benzene rings is 1. The molecule has 1 aromatic carbocycles. The van der Waals surface area contributed by atoms with Gasteiger partial charge in [-0.25, -0.2) is 9.78 Å². The number of H-pyrrole nitrogens is 1. The van der Waals surface area contributed by atoms with Gasteiger partial charge >= 0.3 is 5.97 Å². The summed E-state index contributed by atoms with van der Waals surface area (Å²) >= 11 is 3.43. The summed E-state index contributed by atoms with van der Waals surface area (Å²) in [4.78, 5) is 32.9. The van der Waals surface area contributed by atoms with E-state index in [0.717, 1.165) is 19.3 Å². The number of carboxylic acid groups (broad SMARTS) is 1. The quantitative estimate of drug-likeness (QED) is 0.269. The summed E-state index contributed by atoms with van der Waals surface area (Å²) in [6, 6.07) is 5.36. The number of nitrogens with one attached hydrogen (secondary N) is 2. The molecule has 1 unspecified atom stereocenters. The van der Waals surface area contributed by atoms with Crippen molar-refractivity contribution in [1.82, 2.24) is 9.97 Å². The maximum absolute atomic E-state index is 13.2. The average molecular weight is 603 g/mol. The summed E-state index contributed by atoms with van der Waals surface area (Å²) < 4.78 is 20.2. The molecule has 5 rings (SSSR count). The van der Waals surface area contributed by atoms with E-state index in [1.165, 1.54) is 0 Å². The minimum Gasteiger partial charge on any atom is -0.478 e. The van der Waals surface area contributed by atoms with Crippen LogP contribution in [0.15, 0.2) is 33.3 Å². The van der Waals surface area contributed by atoms with Gasteiger partial charge in [-0.3, -0.25) is 4.79 Å². The number of halogens is 1. The van der Waals surface area contributed by atoms with Crippen molar-refractivity contribution in [3.8, 4) is 0 Å². The van der Waals surface area contributed by atoms with Crippen LogP contribution in [0.5, 0.6) is 0 Å². The highest BCUT2D eigenvalue weighted by molar-refractivity contribution is 9.10. The van der Waals surface area contributed by atoms with E-state index < -0.39 is 11.8 Å². The number of ketones is 1. The first-order chi connectivity index (χ1) is 18.5. The number of carboxylic acids is 1. The van der Waals surface area contributed by atoms with Crippen molar-refractivity contribution in [2.75, 3.05) is 12.4 Å². The third kappa shape index (κ3) is 5.02. The Morgan fingerprint density at radius 3 is 2.72 bits per heavy atom. The molecule has 7 atom stereocenters. The van der Waals surface area contributed by atoms with E-state index in [0.29, 0.717) is 39.3 Å². The molecule has 39 heavy (non-hydrogen) atoms. The molecule has 3 N–H and O–H groups in total. The molecule has 10 heteroatoms. The van der Waals surface area contributed by atoms with Crippen LogP contribution < -0.4 is 5.32 Å². The number of ether oxygens (including phenoxy) is 2. The molecule has 1 spiro atoms. The Balaban J connectivity index is 1.40. The number of carbonyl (C=O) groups excluding carboxylic acids is 1. The summed E-state index contributed by atoms with van der Waals surface area (Å²) in [6.07, 6.45) is 4.16. The molecule has 9 nitrogen and oxygen atoms in total. The van der Waals surface area contributed by atoms with Crippen molar-refractivity contribution in [2.45, 2.75) is 71.4 Å². The van der Waals surface area contributed by atoms with Crippen LogP contribution >= 0.6 is 15.9 Å². The molecular formula is C29H36BrN3O6. The van der Waals surface area contributed by atoms with Crippen LogP contribution in [-0.2, 0) is 15.9 Å². The van der Waals surface area contributed by atoms with E-state index in [9.17, 15) is 14.7 Å². The molecule has 0 amide bonds. The van der Waals surface area contributed by atoms with E-state index >= 15 is 0 Å². The van der Waals surface area contributed by atoms with E-state index in [1.54, 1.807) is 25.4 Å². The topological polar surface area (TPSA) is 127 Å². The number of anilines is 1. The van der Waals surface area contributed by atoms with Crippen LogP contribution in [0.3, 0.4) is 0 Å². The highest BCUT2D eigenvalue weighted by Crippen LogP contribution is 2.48. The van der Waals surface area contributed by atoms with Crippen molar-refractivity contribution in [2.24, 2.45) is 23.7 Å². The number of carbonyl (C=O) groups is 2. The van der Waals surface area contributed by atoms with Gasteiger partial charge in [0.1, 0.15) is 11.1 Å². The third-order valence-electron chi connectivity index (χ3n) is 8.60. The lowest BCUT2D eigenvalue weighted by Gasteiger charge is -2.53. The van der Waals surface area contributed by atoms with Crippen LogP contribution in [0.2, 0.25) is 0 Å². The van der Waals surface area contributed by atoms with Gasteiger partial charge in [0.15, 0.2) is 23.0 Å². The summed E-state index contributed by atoms with van der Waals surface area (Å²) in [7, 11) is 1.67. The minimum absolute atomic E-state index is 0.0371. The van der Waals surface area contributed by atoms with Gasteiger partial charge in [-0.05, 0) is 58.8 Å². The lowest BCUT2D eigenvalue weighted by atomic mass is 9.75. The zero-order chi connectivity index (χ0) is 28.1. The summed E-state index contributed by atoms with van der Waals surface area (Å²) in [5.41, 5.74) is 1.80. The number of aromatic nitrogens is 2. The Morgan fingerprint density at radius 1 is 1.28 bits per heavy atom. The van der Waals surface area contributed by atoms with Crippen LogP contribution in [0.25, 0.3) is 11.1 Å². The van der Waals surface area contributed by atoms with E-state index in [4.69, 9.17) is 13.9 Å². The highest BCUT2D eigenvalue weighted by Gasteiger charge is 2.52. The maximum atomic E-state index is 13.2. The first-order valence-corrected chi connectivity index (χ1v) is 14.4. The molecule has 2 aliphatic heterocycles. The van der Waals surface area contributed by atoms with Gasteiger partial charge in [0.2, 0.25) is 0 Å². The smallest absolute Gasteiger partial charge is 0.340 e. The molecule has 3 aromatic rings. The van der Waals surface area contributed by atoms with Gasteiger partial charge in [-0.15, -0.1) is 0 Å². The SMILES string of the molecule is CNc1c(Br)cc2oc(C[C@H]3OC4(CC[C@H]3C)O[C@H]([C@H](C)C(=O)c3ccc[nH]3)[C@H](C)C[C@H]4C)nc2c1C(=O)O. The molecule has 4 heterocycles.